The van der Waals surface area contributed by atoms with Crippen molar-refractivity contribution in [1.82, 2.24) is 0 Å². The molecule has 1 nitrogen and oxygen atoms in total. The van der Waals surface area contributed by atoms with Gasteiger partial charge in [0.25, 0.3) is 0 Å². The van der Waals surface area contributed by atoms with Crippen molar-refractivity contribution >= 4 is 6.29 Å². The molecule has 0 aliphatic carbocycles. The highest BCUT2D eigenvalue weighted by atomic mass is 16.1. The minimum atomic E-state index is 0.546. The largest absolute Gasteiger partial charge is 0.298 e. The highest BCUT2D eigenvalue weighted by Gasteiger charge is 2.14. The third-order valence-electron chi connectivity index (χ3n) is 3.54. The Hall–Kier alpha value is -1.11. The van der Waals surface area contributed by atoms with E-state index in [-0.39, 0.29) is 0 Å². The first-order valence-corrected chi connectivity index (χ1v) is 6.70. The molecule has 0 heterocycles. The van der Waals surface area contributed by atoms with Crippen LogP contribution in [0.25, 0.3) is 0 Å². The lowest BCUT2D eigenvalue weighted by atomic mass is 9.85. The quantitative estimate of drug-likeness (QED) is 0.644. The van der Waals surface area contributed by atoms with Crippen molar-refractivity contribution < 1.29 is 4.79 Å². The fraction of sp³-hybridized carbons (Fsp3) is 0.562. The molecule has 0 aliphatic heterocycles. The van der Waals surface area contributed by atoms with E-state index < -0.39 is 0 Å². The van der Waals surface area contributed by atoms with E-state index >= 15 is 0 Å². The number of aldehydes is 1. The van der Waals surface area contributed by atoms with Crippen LogP contribution in [0.4, 0.5) is 0 Å². The van der Waals surface area contributed by atoms with Gasteiger partial charge in [0.15, 0.2) is 0 Å². The van der Waals surface area contributed by atoms with E-state index in [0.29, 0.717) is 5.92 Å². The van der Waals surface area contributed by atoms with E-state index in [9.17, 15) is 4.79 Å². The molecule has 0 saturated heterocycles. The number of rotatable bonds is 6. The Labute approximate surface area is 105 Å². The van der Waals surface area contributed by atoms with Crippen LogP contribution in [-0.4, -0.2) is 6.29 Å². The highest BCUT2D eigenvalue weighted by Crippen LogP contribution is 2.30. The van der Waals surface area contributed by atoms with Gasteiger partial charge in [-0.25, -0.2) is 0 Å². The average Bonchev–Trinajstić information content (AvgIpc) is 2.32. The minimum Gasteiger partial charge on any atom is -0.298 e. The van der Waals surface area contributed by atoms with Gasteiger partial charge in [0.1, 0.15) is 6.29 Å². The molecule has 0 saturated carbocycles. The van der Waals surface area contributed by atoms with Crippen LogP contribution in [0.5, 0.6) is 0 Å². The molecule has 0 radical (unpaired) electrons. The summed E-state index contributed by atoms with van der Waals surface area (Å²) in [7, 11) is 0. The van der Waals surface area contributed by atoms with Gasteiger partial charge in [-0.1, -0.05) is 32.8 Å². The molecule has 0 spiro atoms. The Morgan fingerprint density at radius 2 is 1.59 bits per heavy atom. The summed E-state index contributed by atoms with van der Waals surface area (Å²) >= 11 is 0. The van der Waals surface area contributed by atoms with Crippen molar-refractivity contribution in [2.75, 3.05) is 0 Å². The molecule has 0 atom stereocenters. The van der Waals surface area contributed by atoms with Crippen molar-refractivity contribution in [2.45, 2.75) is 59.3 Å². The van der Waals surface area contributed by atoms with E-state index in [1.165, 1.54) is 42.4 Å². The number of aryl methyl sites for hydroxylation is 2. The third kappa shape index (κ3) is 3.42. The average molecular weight is 232 g/mol. The minimum absolute atomic E-state index is 0.546. The summed E-state index contributed by atoms with van der Waals surface area (Å²) in [6, 6.07) is 4.26. The van der Waals surface area contributed by atoms with Gasteiger partial charge in [0.2, 0.25) is 0 Å². The molecular weight excluding hydrogens is 208 g/mol. The fourth-order valence-electron chi connectivity index (χ4n) is 2.47. The Morgan fingerprint density at radius 3 is 2.06 bits per heavy atom. The van der Waals surface area contributed by atoms with Gasteiger partial charge in [-0.05, 0) is 55.4 Å². The van der Waals surface area contributed by atoms with Crippen LogP contribution in [0, 0.1) is 13.8 Å². The van der Waals surface area contributed by atoms with Crippen molar-refractivity contribution in [3.8, 4) is 0 Å². The van der Waals surface area contributed by atoms with Crippen molar-refractivity contribution in [2.24, 2.45) is 0 Å². The molecule has 0 bridgehead atoms. The molecule has 0 fully saturated rings. The van der Waals surface area contributed by atoms with E-state index in [2.05, 4.69) is 33.8 Å². The van der Waals surface area contributed by atoms with Crippen LogP contribution in [0.3, 0.4) is 0 Å². The van der Waals surface area contributed by atoms with E-state index in [1.54, 1.807) is 0 Å². The summed E-state index contributed by atoms with van der Waals surface area (Å²) in [4.78, 5) is 11.2. The van der Waals surface area contributed by atoms with Crippen LogP contribution < -0.4 is 0 Å². The van der Waals surface area contributed by atoms with Crippen LogP contribution >= 0.6 is 0 Å². The lowest BCUT2D eigenvalue weighted by Gasteiger charge is -2.19. The molecule has 1 rings (SSSR count). The number of benzene rings is 1. The molecule has 0 aromatic heterocycles. The number of carbonyl (C=O) groups excluding carboxylic acids is 1. The molecule has 17 heavy (non-hydrogen) atoms. The van der Waals surface area contributed by atoms with Gasteiger partial charge in [0, 0.05) is 5.56 Å². The van der Waals surface area contributed by atoms with Crippen LogP contribution in [0.15, 0.2) is 12.1 Å². The zero-order valence-electron chi connectivity index (χ0n) is 11.5. The second-order valence-corrected chi connectivity index (χ2v) is 4.96. The van der Waals surface area contributed by atoms with Gasteiger partial charge in [-0.2, -0.15) is 0 Å². The first-order valence-electron chi connectivity index (χ1n) is 6.70. The van der Waals surface area contributed by atoms with Crippen LogP contribution in [0.1, 0.15) is 72.5 Å². The summed E-state index contributed by atoms with van der Waals surface area (Å²) in [5.41, 5.74) is 4.65. The van der Waals surface area contributed by atoms with Gasteiger partial charge < -0.3 is 0 Å². The summed E-state index contributed by atoms with van der Waals surface area (Å²) in [5, 5.41) is 0. The maximum absolute atomic E-state index is 11.2. The standard InChI is InChI=1S/C16H24O/c1-5-7-14(8-6-2)16-10-13(4)12(3)9-15(16)11-17/h9-11,14H,5-8H2,1-4H3. The van der Waals surface area contributed by atoms with Gasteiger partial charge in [-0.15, -0.1) is 0 Å². The second-order valence-electron chi connectivity index (χ2n) is 4.96. The third-order valence-corrected chi connectivity index (χ3v) is 3.54. The topological polar surface area (TPSA) is 17.1 Å². The summed E-state index contributed by atoms with van der Waals surface area (Å²) in [6.07, 6.45) is 5.72. The van der Waals surface area contributed by atoms with Crippen molar-refractivity contribution in [3.05, 3.63) is 34.4 Å². The van der Waals surface area contributed by atoms with Crippen molar-refractivity contribution in [3.63, 3.8) is 0 Å². The van der Waals surface area contributed by atoms with E-state index in [4.69, 9.17) is 0 Å². The number of hydrogen-bond donors (Lipinski definition) is 0. The molecule has 0 aliphatic rings. The normalized spacial score (nSPS) is 10.9. The van der Waals surface area contributed by atoms with E-state index in [0.717, 1.165) is 11.8 Å². The number of carbonyl (C=O) groups is 1. The summed E-state index contributed by atoms with van der Waals surface area (Å²) in [6.45, 7) is 8.62. The summed E-state index contributed by atoms with van der Waals surface area (Å²) < 4.78 is 0. The van der Waals surface area contributed by atoms with E-state index in [1.807, 2.05) is 6.07 Å². The molecule has 1 aromatic rings. The monoisotopic (exact) mass is 232 g/mol. The molecule has 0 N–H and O–H groups in total. The lowest BCUT2D eigenvalue weighted by molar-refractivity contribution is 0.112. The first-order chi connectivity index (χ1) is 8.13. The molecular formula is C16H24O. The zero-order valence-corrected chi connectivity index (χ0v) is 11.5. The first kappa shape index (κ1) is 14.0. The maximum Gasteiger partial charge on any atom is 0.150 e. The van der Waals surface area contributed by atoms with Gasteiger partial charge >= 0.3 is 0 Å². The molecule has 1 heteroatoms. The molecule has 0 amide bonds. The Balaban J connectivity index is 3.15. The zero-order chi connectivity index (χ0) is 12.8. The second kappa shape index (κ2) is 6.58. The molecule has 1 aromatic carbocycles. The Morgan fingerprint density at radius 1 is 1.06 bits per heavy atom. The SMILES string of the molecule is CCCC(CCC)c1cc(C)c(C)cc1C=O. The summed E-state index contributed by atoms with van der Waals surface area (Å²) in [5.74, 6) is 0.546. The van der Waals surface area contributed by atoms with Gasteiger partial charge in [-0.3, -0.25) is 4.79 Å². The highest BCUT2D eigenvalue weighted by molar-refractivity contribution is 5.78. The lowest BCUT2D eigenvalue weighted by Crippen LogP contribution is -2.04. The smallest absolute Gasteiger partial charge is 0.150 e. The fourth-order valence-corrected chi connectivity index (χ4v) is 2.47. The molecule has 94 valence electrons. The molecule has 0 unspecified atom stereocenters. The van der Waals surface area contributed by atoms with Crippen molar-refractivity contribution in [1.29, 1.82) is 0 Å². The van der Waals surface area contributed by atoms with Gasteiger partial charge in [0.05, 0.1) is 0 Å². The predicted molar refractivity (Wildman–Crippen MR) is 73.9 cm³/mol. The maximum atomic E-state index is 11.2. The Bertz CT molecular complexity index is 373. The van der Waals surface area contributed by atoms with Crippen LogP contribution in [-0.2, 0) is 0 Å². The number of hydrogen-bond acceptors (Lipinski definition) is 1. The van der Waals surface area contributed by atoms with Crippen LogP contribution in [0.2, 0.25) is 0 Å². The predicted octanol–water partition coefficient (Wildman–Crippen LogP) is 4.80. The Kier molecular flexibility index (Phi) is 5.40.